The van der Waals surface area contributed by atoms with Crippen LogP contribution in [0.15, 0.2) is 36.8 Å². The lowest BCUT2D eigenvalue weighted by Gasteiger charge is -2.17. The molecule has 1 atom stereocenters. The van der Waals surface area contributed by atoms with Gasteiger partial charge in [0.05, 0.1) is 23.3 Å². The number of benzene rings is 1. The number of likely N-dealkylation sites (tertiary alicyclic amines) is 1. The van der Waals surface area contributed by atoms with Crippen LogP contribution in [0.25, 0.3) is 5.69 Å². The van der Waals surface area contributed by atoms with E-state index in [-0.39, 0.29) is 11.9 Å². The predicted octanol–water partition coefficient (Wildman–Crippen LogP) is 3.23. The van der Waals surface area contributed by atoms with Crippen LogP contribution < -0.4 is 5.32 Å². The molecule has 140 valence electrons. The summed E-state index contributed by atoms with van der Waals surface area (Å²) < 4.78 is 1.83. The van der Waals surface area contributed by atoms with E-state index in [1.165, 1.54) is 6.33 Å². The Morgan fingerprint density at radius 2 is 2.19 bits per heavy atom. The number of carbonyl (C=O) groups is 1. The van der Waals surface area contributed by atoms with Crippen molar-refractivity contribution in [3.05, 3.63) is 53.3 Å². The zero-order valence-electron chi connectivity index (χ0n) is 14.9. The van der Waals surface area contributed by atoms with E-state index in [4.69, 9.17) is 11.6 Å². The van der Waals surface area contributed by atoms with Crippen molar-refractivity contribution >= 4 is 23.3 Å². The van der Waals surface area contributed by atoms with E-state index in [0.717, 1.165) is 35.7 Å². The van der Waals surface area contributed by atoms with Gasteiger partial charge in [0.15, 0.2) is 0 Å². The summed E-state index contributed by atoms with van der Waals surface area (Å²) in [5.74, 6) is 1.02. The number of nitrogens with one attached hydrogen (secondary N) is 2. The number of anilines is 1. The average molecular weight is 386 g/mol. The maximum absolute atomic E-state index is 12.7. The fourth-order valence-electron chi connectivity index (χ4n) is 3.40. The van der Waals surface area contributed by atoms with E-state index in [1.807, 2.05) is 35.9 Å². The summed E-state index contributed by atoms with van der Waals surface area (Å²) in [5.41, 5.74) is 2.57. The molecule has 1 saturated heterocycles. The van der Waals surface area contributed by atoms with E-state index in [1.54, 1.807) is 11.1 Å². The number of H-pyrrole nitrogens is 1. The van der Waals surface area contributed by atoms with Crippen molar-refractivity contribution in [3.63, 3.8) is 0 Å². The number of urea groups is 1. The second-order valence-corrected chi connectivity index (χ2v) is 6.92. The second-order valence-electron chi connectivity index (χ2n) is 6.48. The molecule has 1 aromatic carbocycles. The summed E-state index contributed by atoms with van der Waals surface area (Å²) in [6, 6.07) is 7.33. The van der Waals surface area contributed by atoms with Gasteiger partial charge in [-0.25, -0.2) is 14.5 Å². The monoisotopic (exact) mass is 385 g/mol. The first-order valence-electron chi connectivity index (χ1n) is 8.89. The van der Waals surface area contributed by atoms with Crippen LogP contribution in [0.5, 0.6) is 0 Å². The molecule has 2 aromatic heterocycles. The Hall–Kier alpha value is -2.87. The molecule has 4 rings (SSSR count). The molecule has 3 aromatic rings. The first-order valence-corrected chi connectivity index (χ1v) is 9.27. The number of amides is 2. The van der Waals surface area contributed by atoms with Crippen LogP contribution in [0.2, 0.25) is 5.02 Å². The lowest BCUT2D eigenvalue weighted by atomic mass is 10.1. The Kier molecular flexibility index (Phi) is 4.81. The van der Waals surface area contributed by atoms with Gasteiger partial charge in [0.2, 0.25) is 0 Å². The quantitative estimate of drug-likeness (QED) is 0.721. The summed E-state index contributed by atoms with van der Waals surface area (Å²) in [5, 5.41) is 14.9. The average Bonchev–Trinajstić information content (AvgIpc) is 3.42. The van der Waals surface area contributed by atoms with Crippen molar-refractivity contribution in [3.8, 4) is 5.69 Å². The van der Waals surface area contributed by atoms with Gasteiger partial charge in [0, 0.05) is 24.0 Å². The lowest BCUT2D eigenvalue weighted by molar-refractivity contribution is 0.222. The van der Waals surface area contributed by atoms with Crippen molar-refractivity contribution < 1.29 is 4.79 Å². The Morgan fingerprint density at radius 3 is 2.89 bits per heavy atom. The van der Waals surface area contributed by atoms with Gasteiger partial charge in [-0.05, 0) is 37.1 Å². The number of rotatable bonds is 4. The van der Waals surface area contributed by atoms with Crippen molar-refractivity contribution in [2.75, 3.05) is 18.4 Å². The fraction of sp³-hybridized carbons (Fsp3) is 0.333. The molecule has 0 aliphatic carbocycles. The van der Waals surface area contributed by atoms with Crippen LogP contribution in [-0.2, 0) is 6.42 Å². The van der Waals surface area contributed by atoms with Crippen molar-refractivity contribution in [1.29, 1.82) is 0 Å². The molecule has 0 saturated carbocycles. The highest BCUT2D eigenvalue weighted by Crippen LogP contribution is 2.26. The minimum Gasteiger partial charge on any atom is -0.324 e. The standard InChI is InChI=1S/C18H20ClN7O/c1-2-16-15(9-22-26(16)14-5-3-13(19)4-6-14)23-18(27)25-8-7-12(10-25)17-20-11-21-24-17/h3-6,9,11-12H,2,7-8,10H2,1H3,(H,23,27)(H,20,21,24)/t12-/m1/s1. The van der Waals surface area contributed by atoms with E-state index in [9.17, 15) is 4.79 Å². The zero-order valence-corrected chi connectivity index (χ0v) is 15.6. The van der Waals surface area contributed by atoms with Crippen LogP contribution in [0.1, 0.15) is 30.8 Å². The summed E-state index contributed by atoms with van der Waals surface area (Å²) in [7, 11) is 0. The van der Waals surface area contributed by atoms with Crippen molar-refractivity contribution in [1.82, 2.24) is 29.9 Å². The smallest absolute Gasteiger partial charge is 0.321 e. The number of nitrogens with zero attached hydrogens (tertiary/aromatic N) is 5. The highest BCUT2D eigenvalue weighted by atomic mass is 35.5. The molecule has 8 nitrogen and oxygen atoms in total. The molecular formula is C18H20ClN7O. The molecule has 1 aliphatic heterocycles. The number of carbonyl (C=O) groups excluding carboxylic acids is 1. The van der Waals surface area contributed by atoms with Crippen LogP contribution in [0.3, 0.4) is 0 Å². The molecule has 1 fully saturated rings. The van der Waals surface area contributed by atoms with E-state index in [2.05, 4.69) is 25.6 Å². The van der Waals surface area contributed by atoms with Gasteiger partial charge in [-0.1, -0.05) is 18.5 Å². The number of hydrogen-bond acceptors (Lipinski definition) is 4. The Balaban J connectivity index is 1.48. The summed E-state index contributed by atoms with van der Waals surface area (Å²) in [6.45, 7) is 3.34. The van der Waals surface area contributed by atoms with Gasteiger partial charge in [0.25, 0.3) is 0 Å². The summed E-state index contributed by atoms with van der Waals surface area (Å²) >= 11 is 5.97. The first kappa shape index (κ1) is 17.5. The highest BCUT2D eigenvalue weighted by Gasteiger charge is 2.29. The van der Waals surface area contributed by atoms with Gasteiger partial charge in [0.1, 0.15) is 12.2 Å². The fourth-order valence-corrected chi connectivity index (χ4v) is 3.52. The third kappa shape index (κ3) is 3.52. The van der Waals surface area contributed by atoms with Gasteiger partial charge in [-0.2, -0.15) is 10.2 Å². The minimum absolute atomic E-state index is 0.123. The Bertz CT molecular complexity index is 920. The largest absolute Gasteiger partial charge is 0.324 e. The summed E-state index contributed by atoms with van der Waals surface area (Å²) in [4.78, 5) is 18.7. The number of hydrogen-bond donors (Lipinski definition) is 2. The number of aromatic amines is 1. The molecule has 0 unspecified atom stereocenters. The van der Waals surface area contributed by atoms with Crippen LogP contribution in [0.4, 0.5) is 10.5 Å². The van der Waals surface area contributed by atoms with Crippen LogP contribution >= 0.6 is 11.6 Å². The Labute approximate surface area is 161 Å². The normalized spacial score (nSPS) is 16.7. The molecule has 9 heteroatoms. The summed E-state index contributed by atoms with van der Waals surface area (Å²) in [6.07, 6.45) is 4.79. The van der Waals surface area contributed by atoms with E-state index >= 15 is 0 Å². The lowest BCUT2D eigenvalue weighted by Crippen LogP contribution is -2.33. The third-order valence-electron chi connectivity index (χ3n) is 4.81. The van der Waals surface area contributed by atoms with Gasteiger partial charge >= 0.3 is 6.03 Å². The molecule has 1 aliphatic rings. The number of halogens is 1. The molecule has 3 heterocycles. The Morgan fingerprint density at radius 1 is 1.37 bits per heavy atom. The van der Waals surface area contributed by atoms with Crippen LogP contribution in [0, 0.1) is 0 Å². The molecule has 0 spiro atoms. The third-order valence-corrected chi connectivity index (χ3v) is 5.06. The van der Waals surface area contributed by atoms with E-state index < -0.39 is 0 Å². The molecule has 2 amide bonds. The van der Waals surface area contributed by atoms with Crippen molar-refractivity contribution in [2.45, 2.75) is 25.7 Å². The second kappa shape index (κ2) is 7.40. The topological polar surface area (TPSA) is 91.7 Å². The van der Waals surface area contributed by atoms with Gasteiger partial charge < -0.3 is 10.2 Å². The van der Waals surface area contributed by atoms with Gasteiger partial charge in [-0.3, -0.25) is 5.10 Å². The first-order chi connectivity index (χ1) is 13.2. The van der Waals surface area contributed by atoms with E-state index in [0.29, 0.717) is 18.1 Å². The SMILES string of the molecule is CCc1c(NC(=O)N2CC[C@@H](c3ncn[nH]3)C2)cnn1-c1ccc(Cl)cc1. The molecule has 0 bridgehead atoms. The highest BCUT2D eigenvalue weighted by molar-refractivity contribution is 6.30. The molecular weight excluding hydrogens is 366 g/mol. The zero-order chi connectivity index (χ0) is 18.8. The van der Waals surface area contributed by atoms with Crippen molar-refractivity contribution in [2.24, 2.45) is 0 Å². The predicted molar refractivity (Wildman–Crippen MR) is 102 cm³/mol. The molecule has 2 N–H and O–H groups in total. The maximum atomic E-state index is 12.7. The molecule has 0 radical (unpaired) electrons. The molecule has 27 heavy (non-hydrogen) atoms. The van der Waals surface area contributed by atoms with Crippen LogP contribution in [-0.4, -0.2) is 49.0 Å². The minimum atomic E-state index is -0.123. The van der Waals surface area contributed by atoms with Gasteiger partial charge in [-0.15, -0.1) is 0 Å². The maximum Gasteiger partial charge on any atom is 0.321 e. The number of aromatic nitrogens is 5.